The monoisotopic (exact) mass is 278 g/mol. The molecule has 0 spiro atoms. The lowest BCUT2D eigenvalue weighted by Crippen LogP contribution is -2.11. The Morgan fingerprint density at radius 1 is 1.30 bits per heavy atom. The summed E-state index contributed by atoms with van der Waals surface area (Å²) in [4.78, 5) is 12.1. The quantitative estimate of drug-likeness (QED) is 0.615. The molecule has 1 aromatic carbocycles. The van der Waals surface area contributed by atoms with Gasteiger partial charge >= 0.3 is 0 Å². The van der Waals surface area contributed by atoms with Gasteiger partial charge in [-0.15, -0.1) is 0 Å². The Kier molecular flexibility index (Phi) is 5.62. The fraction of sp³-hybridized carbons (Fsp3) is 0.438. The molecule has 20 heavy (non-hydrogen) atoms. The van der Waals surface area contributed by atoms with Gasteiger partial charge in [0.2, 0.25) is 0 Å². The molecule has 0 fully saturated rings. The first-order chi connectivity index (χ1) is 9.36. The van der Waals surface area contributed by atoms with Crippen LogP contribution in [0, 0.1) is 5.92 Å². The molecule has 110 valence electrons. The van der Waals surface area contributed by atoms with Gasteiger partial charge in [0.1, 0.15) is 29.4 Å². The Hall–Kier alpha value is -1.97. The first kappa shape index (κ1) is 16.1. The van der Waals surface area contributed by atoms with Crippen molar-refractivity contribution < 1.29 is 19.7 Å². The minimum atomic E-state index is -0.265. The predicted octanol–water partition coefficient (Wildman–Crippen LogP) is 3.67. The van der Waals surface area contributed by atoms with Gasteiger partial charge in [0.15, 0.2) is 5.78 Å². The molecule has 4 nitrogen and oxygen atoms in total. The molecule has 0 aliphatic heterocycles. The van der Waals surface area contributed by atoms with E-state index in [1.54, 1.807) is 6.92 Å². The summed E-state index contributed by atoms with van der Waals surface area (Å²) in [5.41, 5.74) is 1.08. The summed E-state index contributed by atoms with van der Waals surface area (Å²) >= 11 is 0. The van der Waals surface area contributed by atoms with Crippen LogP contribution in [0.1, 0.15) is 44.5 Å². The highest BCUT2D eigenvalue weighted by atomic mass is 16.5. The molecule has 1 aromatic rings. The number of allylic oxidation sites excluding steroid dienone is 1. The van der Waals surface area contributed by atoms with E-state index in [9.17, 15) is 15.0 Å². The molecule has 0 saturated carbocycles. The van der Waals surface area contributed by atoms with Crippen LogP contribution < -0.4 is 4.74 Å². The number of carbonyl (C=O) groups is 1. The van der Waals surface area contributed by atoms with Crippen LogP contribution in [0.3, 0.4) is 0 Å². The van der Waals surface area contributed by atoms with E-state index in [0.717, 1.165) is 5.57 Å². The number of phenols is 2. The van der Waals surface area contributed by atoms with Gasteiger partial charge in [0, 0.05) is 18.1 Å². The fourth-order valence-corrected chi connectivity index (χ4v) is 1.66. The van der Waals surface area contributed by atoms with E-state index in [4.69, 9.17) is 4.74 Å². The molecule has 0 aromatic heterocycles. The highest BCUT2D eigenvalue weighted by Crippen LogP contribution is 2.34. The predicted molar refractivity (Wildman–Crippen MR) is 78.5 cm³/mol. The number of rotatable bonds is 6. The summed E-state index contributed by atoms with van der Waals surface area (Å²) in [5.74, 6) is -0.675. The number of phenolic OH excluding ortho intramolecular Hbond substituents is 2. The van der Waals surface area contributed by atoms with Crippen LogP contribution in [0.15, 0.2) is 23.8 Å². The summed E-state index contributed by atoms with van der Waals surface area (Å²) < 4.78 is 5.39. The smallest absolute Gasteiger partial charge is 0.173 e. The van der Waals surface area contributed by atoms with Crippen molar-refractivity contribution in [1.82, 2.24) is 0 Å². The Morgan fingerprint density at radius 3 is 2.30 bits per heavy atom. The Bertz CT molecular complexity index is 490. The lowest BCUT2D eigenvalue weighted by Gasteiger charge is -2.13. The summed E-state index contributed by atoms with van der Waals surface area (Å²) in [7, 11) is 0. The van der Waals surface area contributed by atoms with E-state index in [1.807, 2.05) is 26.8 Å². The SMILES string of the molecule is CC[C@@H](C)C(=O)c1c(O)cc(OCC=C(C)C)cc1O. The van der Waals surface area contributed by atoms with E-state index in [2.05, 4.69) is 0 Å². The van der Waals surface area contributed by atoms with Crippen LogP contribution in [0.25, 0.3) is 0 Å². The van der Waals surface area contributed by atoms with Gasteiger partial charge in [-0.05, 0) is 26.3 Å². The molecule has 0 aliphatic carbocycles. The number of benzene rings is 1. The topological polar surface area (TPSA) is 66.8 Å². The first-order valence-corrected chi connectivity index (χ1v) is 6.73. The Balaban J connectivity index is 2.97. The molecular weight excluding hydrogens is 256 g/mol. The zero-order valence-electron chi connectivity index (χ0n) is 12.4. The van der Waals surface area contributed by atoms with E-state index < -0.39 is 0 Å². The van der Waals surface area contributed by atoms with Crippen molar-refractivity contribution in [3.05, 3.63) is 29.3 Å². The standard InChI is InChI=1S/C16H22O4/c1-5-11(4)16(19)15-13(17)8-12(9-14(15)18)20-7-6-10(2)3/h6,8-9,11,17-18H,5,7H2,1-4H3/t11-/m1/s1. The maximum absolute atomic E-state index is 12.1. The second kappa shape index (κ2) is 6.98. The fourth-order valence-electron chi connectivity index (χ4n) is 1.66. The highest BCUT2D eigenvalue weighted by molar-refractivity contribution is 6.02. The van der Waals surface area contributed by atoms with Crippen molar-refractivity contribution >= 4 is 5.78 Å². The van der Waals surface area contributed by atoms with Gasteiger partial charge in [0.05, 0.1) is 0 Å². The molecule has 1 atom stereocenters. The van der Waals surface area contributed by atoms with Gasteiger partial charge in [0.25, 0.3) is 0 Å². The van der Waals surface area contributed by atoms with Crippen LogP contribution in [0.4, 0.5) is 0 Å². The maximum atomic E-state index is 12.1. The van der Waals surface area contributed by atoms with Crippen molar-refractivity contribution in [3.63, 3.8) is 0 Å². The molecule has 0 unspecified atom stereocenters. The number of hydrogen-bond acceptors (Lipinski definition) is 4. The number of ether oxygens (including phenoxy) is 1. The van der Waals surface area contributed by atoms with Crippen molar-refractivity contribution in [2.75, 3.05) is 6.61 Å². The second-order valence-electron chi connectivity index (χ2n) is 5.10. The normalized spacial score (nSPS) is 11.8. The third kappa shape index (κ3) is 4.02. The minimum Gasteiger partial charge on any atom is -0.507 e. The highest BCUT2D eigenvalue weighted by Gasteiger charge is 2.22. The molecule has 2 N–H and O–H groups in total. The number of ketones is 1. The second-order valence-corrected chi connectivity index (χ2v) is 5.10. The lowest BCUT2D eigenvalue weighted by molar-refractivity contribution is 0.0921. The van der Waals surface area contributed by atoms with Gasteiger partial charge in [-0.2, -0.15) is 0 Å². The van der Waals surface area contributed by atoms with Gasteiger partial charge in [-0.3, -0.25) is 4.79 Å². The summed E-state index contributed by atoms with van der Waals surface area (Å²) in [6.07, 6.45) is 2.53. The molecular formula is C16H22O4. The molecule has 4 heteroatoms. The summed E-state index contributed by atoms with van der Waals surface area (Å²) in [6.45, 7) is 7.90. The largest absolute Gasteiger partial charge is 0.507 e. The zero-order chi connectivity index (χ0) is 15.3. The third-order valence-corrected chi connectivity index (χ3v) is 3.12. The number of aromatic hydroxyl groups is 2. The van der Waals surface area contributed by atoms with E-state index in [-0.39, 0.29) is 28.8 Å². The lowest BCUT2D eigenvalue weighted by atomic mass is 9.95. The average Bonchev–Trinajstić information content (AvgIpc) is 2.36. The van der Waals surface area contributed by atoms with Crippen LogP contribution in [-0.4, -0.2) is 22.6 Å². The average molecular weight is 278 g/mol. The molecule has 0 aliphatic rings. The van der Waals surface area contributed by atoms with Gasteiger partial charge in [-0.25, -0.2) is 0 Å². The zero-order valence-corrected chi connectivity index (χ0v) is 12.4. The number of carbonyl (C=O) groups excluding carboxylic acids is 1. The molecule has 0 saturated heterocycles. The summed E-state index contributed by atoms with van der Waals surface area (Å²) in [5, 5.41) is 19.8. The van der Waals surface area contributed by atoms with Crippen LogP contribution in [0.5, 0.6) is 17.2 Å². The van der Waals surface area contributed by atoms with Crippen LogP contribution in [0.2, 0.25) is 0 Å². The summed E-state index contributed by atoms with van der Waals surface area (Å²) in [6, 6.07) is 2.71. The van der Waals surface area contributed by atoms with E-state index in [1.165, 1.54) is 12.1 Å². The number of Topliss-reactive ketones (excluding diaryl/α,β-unsaturated/α-hetero) is 1. The van der Waals surface area contributed by atoms with Crippen LogP contribution in [-0.2, 0) is 0 Å². The molecule has 0 amide bonds. The number of hydrogen-bond donors (Lipinski definition) is 2. The molecule has 0 radical (unpaired) electrons. The molecule has 1 rings (SSSR count). The maximum Gasteiger partial charge on any atom is 0.173 e. The van der Waals surface area contributed by atoms with E-state index >= 15 is 0 Å². The van der Waals surface area contributed by atoms with E-state index in [0.29, 0.717) is 18.8 Å². The van der Waals surface area contributed by atoms with Gasteiger partial charge < -0.3 is 14.9 Å². The van der Waals surface area contributed by atoms with Crippen LogP contribution >= 0.6 is 0 Å². The van der Waals surface area contributed by atoms with Crippen molar-refractivity contribution in [2.45, 2.75) is 34.1 Å². The Morgan fingerprint density at radius 2 is 1.85 bits per heavy atom. The minimum absolute atomic E-state index is 0.0334. The van der Waals surface area contributed by atoms with Crippen molar-refractivity contribution in [1.29, 1.82) is 0 Å². The first-order valence-electron chi connectivity index (χ1n) is 6.73. The third-order valence-electron chi connectivity index (χ3n) is 3.12. The molecule has 0 heterocycles. The van der Waals surface area contributed by atoms with Crippen molar-refractivity contribution in [2.24, 2.45) is 5.92 Å². The van der Waals surface area contributed by atoms with Crippen molar-refractivity contribution in [3.8, 4) is 17.2 Å². The van der Waals surface area contributed by atoms with Gasteiger partial charge in [-0.1, -0.05) is 19.4 Å². The molecule has 0 bridgehead atoms. The Labute approximate surface area is 119 Å².